The van der Waals surface area contributed by atoms with Crippen LogP contribution in [0.15, 0.2) is 101 Å². The first-order valence-corrected chi connectivity index (χ1v) is 18.6. The van der Waals surface area contributed by atoms with Crippen LogP contribution in [0.4, 0.5) is 8.78 Å². The van der Waals surface area contributed by atoms with Gasteiger partial charge in [0, 0.05) is 81.4 Å². The number of carboxylic acid groups (broad SMARTS) is 2. The van der Waals surface area contributed by atoms with E-state index in [0.717, 1.165) is 40.4 Å². The van der Waals surface area contributed by atoms with Gasteiger partial charge in [-0.05, 0) is 67.0 Å². The number of aliphatic carboxylic acids is 2. The molecule has 49 heavy (non-hydrogen) atoms. The fraction of sp³-hybridized carbons (Fsp3) is 0.0645. The molecule has 6 heterocycles. The average Bonchev–Trinajstić information content (AvgIpc) is 3.91. The number of nitrogens with one attached hydrogen (secondary N) is 1. The largest absolute Gasteiger partial charge is 0.478 e. The van der Waals surface area contributed by atoms with E-state index in [0.29, 0.717) is 33.7 Å². The summed E-state index contributed by atoms with van der Waals surface area (Å²) in [5, 5.41) is 22.6. The number of rotatable bonds is 11. The molecule has 0 spiro atoms. The summed E-state index contributed by atoms with van der Waals surface area (Å²) in [7, 11) is 1.90. The van der Waals surface area contributed by atoms with Gasteiger partial charge in [0.1, 0.15) is 0 Å². The van der Waals surface area contributed by atoms with E-state index in [1.165, 1.54) is 46.8 Å². The fourth-order valence-corrected chi connectivity index (χ4v) is 10.1. The van der Waals surface area contributed by atoms with Crippen molar-refractivity contribution in [3.63, 3.8) is 0 Å². The number of carbonyl (C=O) groups excluding carboxylic acids is 1. The van der Waals surface area contributed by atoms with Gasteiger partial charge in [0.05, 0.1) is 13.3 Å². The van der Waals surface area contributed by atoms with Gasteiger partial charge in [-0.2, -0.15) is 8.78 Å². The lowest BCUT2D eigenvalue weighted by Gasteiger charge is -2.02. The molecule has 0 unspecified atom stereocenters. The second-order valence-electron chi connectivity index (χ2n) is 8.91. The van der Waals surface area contributed by atoms with Gasteiger partial charge in [-0.25, -0.2) is 29.5 Å². The molecule has 0 saturated heterocycles. The molecule has 0 saturated carbocycles. The number of aldehydes is 1. The smallest absolute Gasteiger partial charge is 0.328 e. The molecule has 0 aliphatic carbocycles. The third-order valence-corrected chi connectivity index (χ3v) is 11.9. The average molecular weight is 776 g/mol. The van der Waals surface area contributed by atoms with Gasteiger partial charge in [0.25, 0.3) is 0 Å². The van der Waals surface area contributed by atoms with Gasteiger partial charge < -0.3 is 15.5 Å². The van der Waals surface area contributed by atoms with Crippen molar-refractivity contribution < 1.29 is 33.4 Å². The molecule has 3 N–H and O–H groups in total. The highest BCUT2D eigenvalue weighted by atomic mass is 32.2. The number of carbonyl (C=O) groups is 3. The maximum atomic E-state index is 14.0. The number of thiophene rings is 2. The van der Waals surface area contributed by atoms with E-state index >= 15 is 0 Å². The Hall–Kier alpha value is -4.17. The lowest BCUT2D eigenvalue weighted by Crippen LogP contribution is -2.02. The fourth-order valence-electron chi connectivity index (χ4n) is 3.66. The summed E-state index contributed by atoms with van der Waals surface area (Å²) in [5.41, 5.74) is 2.50. The summed E-state index contributed by atoms with van der Waals surface area (Å²) in [5.74, 6) is -3.49. The van der Waals surface area contributed by atoms with Crippen LogP contribution in [0.3, 0.4) is 0 Å². The zero-order valence-electron chi connectivity index (χ0n) is 25.0. The number of hydrogen-bond acceptors (Lipinski definition) is 14. The Labute approximate surface area is 302 Å². The second-order valence-corrected chi connectivity index (χ2v) is 15.9. The Kier molecular flexibility index (Phi) is 14.7. The molecule has 10 nitrogen and oxygen atoms in total. The van der Waals surface area contributed by atoms with E-state index < -0.39 is 23.8 Å². The molecule has 252 valence electrons. The van der Waals surface area contributed by atoms with Gasteiger partial charge >= 0.3 is 11.9 Å². The summed E-state index contributed by atoms with van der Waals surface area (Å²) >= 11 is 9.08. The number of thiazole rings is 2. The molecule has 0 aliphatic rings. The topological polar surface area (TPSA) is 155 Å². The van der Waals surface area contributed by atoms with E-state index in [1.54, 1.807) is 77.2 Å². The molecule has 6 aromatic rings. The van der Waals surface area contributed by atoms with Crippen LogP contribution in [0.5, 0.6) is 0 Å². The molecule has 0 radical (unpaired) electrons. The molecular weight excluding hydrogens is 753 g/mol. The predicted molar refractivity (Wildman–Crippen MR) is 190 cm³/mol. The maximum Gasteiger partial charge on any atom is 0.328 e. The second kappa shape index (κ2) is 19.1. The van der Waals surface area contributed by atoms with Crippen LogP contribution >= 0.6 is 68.9 Å². The summed E-state index contributed by atoms with van der Waals surface area (Å²) in [4.78, 5) is 47.7. The van der Waals surface area contributed by atoms with Crippen LogP contribution in [0.25, 0.3) is 22.3 Å². The molecule has 0 aromatic carbocycles. The summed E-state index contributed by atoms with van der Waals surface area (Å²) < 4.78 is 31.5. The first-order chi connectivity index (χ1) is 23.7. The van der Waals surface area contributed by atoms with Crippen LogP contribution in [-0.4, -0.2) is 55.4 Å². The molecule has 0 aliphatic heterocycles. The minimum atomic E-state index is -1.26. The highest BCUT2D eigenvalue weighted by Gasteiger charge is 2.18. The number of aromatic nitrogens is 4. The molecular formula is C31H23F2N5O5S6. The van der Waals surface area contributed by atoms with E-state index in [-0.39, 0.29) is 0 Å². The third kappa shape index (κ3) is 11.5. The number of carboxylic acids is 2. The molecule has 6 rings (SSSR count). The monoisotopic (exact) mass is 775 g/mol. The quantitative estimate of drug-likeness (QED) is 0.0658. The van der Waals surface area contributed by atoms with Crippen molar-refractivity contribution in [1.82, 2.24) is 25.3 Å². The van der Waals surface area contributed by atoms with Crippen molar-refractivity contribution in [3.8, 4) is 22.3 Å². The Bertz CT molecular complexity index is 2000. The van der Waals surface area contributed by atoms with Crippen molar-refractivity contribution in [1.29, 1.82) is 0 Å². The SMILES string of the molecule is CNCc1cc(-c2cccnc2F)c(Sc2nccs2)s1.O=C(O)/C=C/C(=O)O.O=Cc1cc(-c2cccnc2F)c(Sc2nccs2)s1. The number of hydrogen-bond donors (Lipinski definition) is 3. The standard InChI is InChI=1S/C14H12FN3S3.C13H7FN2OS3.C4H4O4/c1-16-8-9-7-11(10-3-2-4-17-12(10)15)13(20-9)21-14-18-5-6-19-14;14-11-9(2-1-3-15-11)10-6-8(7-17)19-12(10)20-13-16-4-5-18-13;5-3(6)1-2-4(7)8/h2-7,16H,8H2,1H3;1-7H;1-2H,(H,5,6)(H,7,8)/b;;2-1+. The molecule has 0 amide bonds. The van der Waals surface area contributed by atoms with Gasteiger partial charge in [-0.15, -0.1) is 45.3 Å². The van der Waals surface area contributed by atoms with E-state index in [9.17, 15) is 23.2 Å². The highest BCUT2D eigenvalue weighted by molar-refractivity contribution is 8.03. The summed E-state index contributed by atoms with van der Waals surface area (Å²) in [6.07, 6.45) is 8.25. The third-order valence-electron chi connectivity index (χ3n) is 5.58. The maximum absolute atomic E-state index is 14.0. The first-order valence-electron chi connectivity index (χ1n) is 13.5. The van der Waals surface area contributed by atoms with Crippen LogP contribution in [-0.2, 0) is 16.1 Å². The molecule has 0 atom stereocenters. The lowest BCUT2D eigenvalue weighted by molar-refractivity contribution is -0.134. The van der Waals surface area contributed by atoms with Crippen LogP contribution in [0.2, 0.25) is 0 Å². The summed E-state index contributed by atoms with van der Waals surface area (Å²) in [6.45, 7) is 0.762. The Balaban J connectivity index is 0.000000182. The van der Waals surface area contributed by atoms with Gasteiger partial charge in [-0.3, -0.25) is 4.79 Å². The van der Waals surface area contributed by atoms with Crippen molar-refractivity contribution >= 4 is 87.1 Å². The van der Waals surface area contributed by atoms with Crippen LogP contribution in [0.1, 0.15) is 14.5 Å². The first kappa shape index (κ1) is 37.6. The normalized spacial score (nSPS) is 10.6. The van der Waals surface area contributed by atoms with Gasteiger partial charge in [-0.1, -0.05) is 0 Å². The Morgan fingerprint density at radius 1 is 0.776 bits per heavy atom. The Morgan fingerprint density at radius 2 is 1.29 bits per heavy atom. The molecule has 0 bridgehead atoms. The van der Waals surface area contributed by atoms with Crippen molar-refractivity contribution in [2.75, 3.05) is 7.05 Å². The Morgan fingerprint density at radius 3 is 1.71 bits per heavy atom. The van der Waals surface area contributed by atoms with Crippen LogP contribution in [0, 0.1) is 11.9 Å². The van der Waals surface area contributed by atoms with E-state index in [1.807, 2.05) is 23.9 Å². The minimum absolute atomic E-state index is 0.399. The number of nitrogens with zero attached hydrogens (tertiary/aromatic N) is 4. The van der Waals surface area contributed by atoms with Gasteiger partial charge in [0.2, 0.25) is 11.9 Å². The van der Waals surface area contributed by atoms with Crippen molar-refractivity contribution in [2.45, 2.75) is 23.6 Å². The summed E-state index contributed by atoms with van der Waals surface area (Å²) in [6, 6.07) is 10.6. The van der Waals surface area contributed by atoms with Crippen LogP contribution < -0.4 is 5.32 Å². The molecule has 0 fully saturated rings. The predicted octanol–water partition coefficient (Wildman–Crippen LogP) is 8.36. The lowest BCUT2D eigenvalue weighted by atomic mass is 10.1. The molecule has 18 heteroatoms. The minimum Gasteiger partial charge on any atom is -0.478 e. The zero-order chi connectivity index (χ0) is 35.2. The van der Waals surface area contributed by atoms with E-state index in [2.05, 4.69) is 25.3 Å². The highest BCUT2D eigenvalue weighted by Crippen LogP contribution is 2.44. The molecule has 6 aromatic heterocycles. The van der Waals surface area contributed by atoms with Gasteiger partial charge in [0.15, 0.2) is 15.0 Å². The number of halogens is 2. The van der Waals surface area contributed by atoms with Crippen molar-refractivity contribution in [2.24, 2.45) is 0 Å². The van der Waals surface area contributed by atoms with Crippen molar-refractivity contribution in [3.05, 3.63) is 106 Å². The van der Waals surface area contributed by atoms with E-state index in [4.69, 9.17) is 10.2 Å². The zero-order valence-corrected chi connectivity index (χ0v) is 29.9. The number of pyridine rings is 2.